The first kappa shape index (κ1) is 15.7. The van der Waals surface area contributed by atoms with Gasteiger partial charge in [0.25, 0.3) is 0 Å². The molecule has 1 aliphatic carbocycles. The van der Waals surface area contributed by atoms with Crippen molar-refractivity contribution in [2.45, 2.75) is 25.3 Å². The number of benzene rings is 2. The van der Waals surface area contributed by atoms with Crippen LogP contribution in [-0.2, 0) is 5.54 Å². The fraction of sp³-hybridized carbons (Fsp3) is 0.278. The van der Waals surface area contributed by atoms with Crippen LogP contribution in [0.2, 0.25) is 5.02 Å². The zero-order valence-corrected chi connectivity index (χ0v) is 13.9. The van der Waals surface area contributed by atoms with Gasteiger partial charge in [0.2, 0.25) is 0 Å². The second kappa shape index (κ2) is 6.13. The fourth-order valence-electron chi connectivity index (χ4n) is 2.62. The normalized spacial score (nSPS) is 14.9. The van der Waals surface area contributed by atoms with Gasteiger partial charge in [-0.05, 0) is 55.2 Å². The number of hydrogen-bond donors (Lipinski definition) is 2. The van der Waals surface area contributed by atoms with E-state index in [4.69, 9.17) is 16.3 Å². The molecular formula is C18H19ClN2O2. The molecule has 2 aromatic carbocycles. The molecule has 1 saturated carbocycles. The van der Waals surface area contributed by atoms with Crippen molar-refractivity contribution in [2.75, 3.05) is 12.4 Å². The number of methoxy groups -OCH3 is 1. The molecule has 1 fully saturated rings. The van der Waals surface area contributed by atoms with E-state index in [1.165, 1.54) is 0 Å². The third-order valence-corrected chi connectivity index (χ3v) is 4.43. The van der Waals surface area contributed by atoms with Gasteiger partial charge < -0.3 is 15.4 Å². The van der Waals surface area contributed by atoms with Crippen molar-refractivity contribution in [1.82, 2.24) is 5.32 Å². The van der Waals surface area contributed by atoms with Crippen LogP contribution in [0.15, 0.2) is 42.5 Å². The van der Waals surface area contributed by atoms with E-state index in [0.717, 1.165) is 35.4 Å². The summed E-state index contributed by atoms with van der Waals surface area (Å²) in [7, 11) is 1.64. The van der Waals surface area contributed by atoms with Crippen molar-refractivity contribution in [3.8, 4) is 5.75 Å². The highest BCUT2D eigenvalue weighted by Gasteiger charge is 2.45. The lowest BCUT2D eigenvalue weighted by atomic mass is 10.1. The van der Waals surface area contributed by atoms with Gasteiger partial charge in [0.1, 0.15) is 5.75 Å². The predicted octanol–water partition coefficient (Wildman–Crippen LogP) is 4.47. The van der Waals surface area contributed by atoms with Crippen LogP contribution in [0.4, 0.5) is 10.5 Å². The monoisotopic (exact) mass is 330 g/mol. The number of nitrogens with one attached hydrogen (secondary N) is 2. The van der Waals surface area contributed by atoms with Gasteiger partial charge in [-0.3, -0.25) is 0 Å². The molecule has 0 saturated heterocycles. The maximum Gasteiger partial charge on any atom is 0.319 e. The average molecular weight is 331 g/mol. The summed E-state index contributed by atoms with van der Waals surface area (Å²) in [5.41, 5.74) is 2.51. The molecule has 5 heteroatoms. The second-order valence-corrected chi connectivity index (χ2v) is 6.29. The highest BCUT2D eigenvalue weighted by atomic mass is 35.5. The Hall–Kier alpha value is -2.20. The first-order valence-electron chi connectivity index (χ1n) is 7.52. The topological polar surface area (TPSA) is 50.4 Å². The van der Waals surface area contributed by atoms with Crippen molar-refractivity contribution >= 4 is 23.3 Å². The molecular weight excluding hydrogens is 312 g/mol. The maximum absolute atomic E-state index is 12.3. The lowest BCUT2D eigenvalue weighted by Crippen LogP contribution is -2.38. The Labute approximate surface area is 140 Å². The third-order valence-electron chi connectivity index (χ3n) is 4.19. The average Bonchev–Trinajstić information content (AvgIpc) is 3.31. The van der Waals surface area contributed by atoms with Crippen LogP contribution >= 0.6 is 11.6 Å². The van der Waals surface area contributed by atoms with Gasteiger partial charge in [-0.2, -0.15) is 0 Å². The Morgan fingerprint density at radius 3 is 2.48 bits per heavy atom. The standard InChI is InChI=1S/C18H19ClN2O2/c1-12-3-6-14(19)11-16(12)20-17(22)21-18(9-10-18)13-4-7-15(23-2)8-5-13/h3-8,11H,9-10H2,1-2H3,(H2,20,21,22). The van der Waals surface area contributed by atoms with Crippen LogP contribution in [0.3, 0.4) is 0 Å². The summed E-state index contributed by atoms with van der Waals surface area (Å²) in [4.78, 5) is 12.3. The lowest BCUT2D eigenvalue weighted by molar-refractivity contribution is 0.247. The summed E-state index contributed by atoms with van der Waals surface area (Å²) < 4.78 is 5.17. The van der Waals surface area contributed by atoms with Gasteiger partial charge >= 0.3 is 6.03 Å². The molecule has 0 bridgehead atoms. The molecule has 0 aliphatic heterocycles. The number of urea groups is 1. The Morgan fingerprint density at radius 1 is 1.17 bits per heavy atom. The van der Waals surface area contributed by atoms with E-state index in [2.05, 4.69) is 10.6 Å². The third kappa shape index (κ3) is 3.42. The molecule has 0 spiro atoms. The molecule has 0 heterocycles. The molecule has 2 aromatic rings. The van der Waals surface area contributed by atoms with E-state index in [9.17, 15) is 4.79 Å². The maximum atomic E-state index is 12.3. The van der Waals surface area contributed by atoms with Crippen molar-refractivity contribution < 1.29 is 9.53 Å². The van der Waals surface area contributed by atoms with Crippen LogP contribution in [0.1, 0.15) is 24.0 Å². The number of carbonyl (C=O) groups excluding carboxylic acids is 1. The minimum atomic E-state index is -0.275. The summed E-state index contributed by atoms with van der Waals surface area (Å²) in [6, 6.07) is 13.0. The first-order chi connectivity index (χ1) is 11.0. The quantitative estimate of drug-likeness (QED) is 0.869. The van der Waals surface area contributed by atoms with Crippen LogP contribution in [0.5, 0.6) is 5.75 Å². The SMILES string of the molecule is COc1ccc(C2(NC(=O)Nc3cc(Cl)ccc3C)CC2)cc1. The summed E-state index contributed by atoms with van der Waals surface area (Å²) in [5, 5.41) is 6.56. The molecule has 120 valence electrons. The van der Waals surface area contributed by atoms with Crippen LogP contribution < -0.4 is 15.4 Å². The largest absolute Gasteiger partial charge is 0.497 e. The number of halogens is 1. The van der Waals surface area contributed by atoms with Gasteiger partial charge in [0.15, 0.2) is 0 Å². The molecule has 0 radical (unpaired) electrons. The van der Waals surface area contributed by atoms with E-state index in [1.807, 2.05) is 37.3 Å². The minimum absolute atomic E-state index is 0.219. The number of carbonyl (C=O) groups is 1. The van der Waals surface area contributed by atoms with Crippen LogP contribution in [-0.4, -0.2) is 13.1 Å². The van der Waals surface area contributed by atoms with Crippen molar-refractivity contribution in [1.29, 1.82) is 0 Å². The van der Waals surface area contributed by atoms with E-state index >= 15 is 0 Å². The van der Waals surface area contributed by atoms with Crippen LogP contribution in [0.25, 0.3) is 0 Å². The number of hydrogen-bond acceptors (Lipinski definition) is 2. The molecule has 23 heavy (non-hydrogen) atoms. The van der Waals surface area contributed by atoms with E-state index < -0.39 is 0 Å². The molecule has 4 nitrogen and oxygen atoms in total. The highest BCUT2D eigenvalue weighted by Crippen LogP contribution is 2.45. The Bertz CT molecular complexity index is 724. The first-order valence-corrected chi connectivity index (χ1v) is 7.90. The van der Waals surface area contributed by atoms with Gasteiger partial charge in [-0.25, -0.2) is 4.79 Å². The van der Waals surface area contributed by atoms with Gasteiger partial charge in [0.05, 0.1) is 12.6 Å². The van der Waals surface area contributed by atoms with E-state index in [-0.39, 0.29) is 11.6 Å². The predicted molar refractivity (Wildman–Crippen MR) is 92.2 cm³/mol. The summed E-state index contributed by atoms with van der Waals surface area (Å²) in [5.74, 6) is 0.809. The number of amides is 2. The molecule has 0 unspecified atom stereocenters. The number of rotatable bonds is 4. The van der Waals surface area contributed by atoms with E-state index in [0.29, 0.717) is 5.02 Å². The van der Waals surface area contributed by atoms with Crippen molar-refractivity contribution in [2.24, 2.45) is 0 Å². The van der Waals surface area contributed by atoms with Crippen LogP contribution in [0, 0.1) is 6.92 Å². The summed E-state index contributed by atoms with van der Waals surface area (Å²) in [6.45, 7) is 1.93. The minimum Gasteiger partial charge on any atom is -0.497 e. The Kier molecular flexibility index (Phi) is 4.18. The smallest absolute Gasteiger partial charge is 0.319 e. The van der Waals surface area contributed by atoms with Gasteiger partial charge in [-0.1, -0.05) is 29.8 Å². The Balaban J connectivity index is 1.70. The van der Waals surface area contributed by atoms with Crippen molar-refractivity contribution in [3.63, 3.8) is 0 Å². The zero-order valence-electron chi connectivity index (χ0n) is 13.2. The van der Waals surface area contributed by atoms with Gasteiger partial charge in [0, 0.05) is 10.7 Å². The zero-order chi connectivity index (χ0) is 16.4. The van der Waals surface area contributed by atoms with E-state index in [1.54, 1.807) is 19.2 Å². The fourth-order valence-corrected chi connectivity index (χ4v) is 2.79. The molecule has 1 aliphatic rings. The molecule has 2 N–H and O–H groups in total. The lowest BCUT2D eigenvalue weighted by Gasteiger charge is -2.19. The number of ether oxygens (including phenoxy) is 1. The molecule has 0 atom stereocenters. The summed E-state index contributed by atoms with van der Waals surface area (Å²) in [6.07, 6.45) is 1.86. The molecule has 0 aromatic heterocycles. The second-order valence-electron chi connectivity index (χ2n) is 5.85. The Morgan fingerprint density at radius 2 is 1.87 bits per heavy atom. The van der Waals surface area contributed by atoms with Gasteiger partial charge in [-0.15, -0.1) is 0 Å². The molecule has 3 rings (SSSR count). The molecule has 2 amide bonds. The highest BCUT2D eigenvalue weighted by molar-refractivity contribution is 6.31. The summed E-state index contributed by atoms with van der Waals surface area (Å²) >= 11 is 5.99. The van der Waals surface area contributed by atoms with Crippen molar-refractivity contribution in [3.05, 3.63) is 58.6 Å². The number of aryl methyl sites for hydroxylation is 1. The number of anilines is 1.